The largest absolute Gasteiger partial charge is 0.493 e. The number of aromatic nitrogens is 4. The van der Waals surface area contributed by atoms with Crippen LogP contribution in [-0.4, -0.2) is 27.4 Å². The molecule has 0 spiro atoms. The minimum absolute atomic E-state index is 0.174. The number of nitrogens with one attached hydrogen (secondary N) is 1. The van der Waals surface area contributed by atoms with E-state index in [-0.39, 0.29) is 5.95 Å². The van der Waals surface area contributed by atoms with E-state index in [1.54, 1.807) is 7.11 Å². The van der Waals surface area contributed by atoms with Crippen molar-refractivity contribution in [2.24, 2.45) is 0 Å². The number of nitrogen functional groups attached to an aromatic ring is 1. The van der Waals surface area contributed by atoms with E-state index in [1.807, 2.05) is 36.4 Å². The van der Waals surface area contributed by atoms with E-state index >= 15 is 0 Å². The molecule has 0 aliphatic heterocycles. The molecule has 0 unspecified atom stereocenters. The number of ether oxygens (including phenoxy) is 2. The average Bonchev–Trinajstić information content (AvgIpc) is 3.05. The predicted molar refractivity (Wildman–Crippen MR) is 102 cm³/mol. The summed E-state index contributed by atoms with van der Waals surface area (Å²) in [5.41, 5.74) is 10.4. The van der Waals surface area contributed by atoms with Crippen molar-refractivity contribution in [1.82, 2.24) is 20.3 Å². The maximum absolute atomic E-state index is 6.17. The van der Waals surface area contributed by atoms with E-state index in [1.165, 1.54) is 4.79 Å². The fourth-order valence-corrected chi connectivity index (χ4v) is 2.88. The van der Waals surface area contributed by atoms with E-state index in [0.717, 1.165) is 15.6 Å². The molecule has 0 saturated carbocycles. The van der Waals surface area contributed by atoms with Crippen molar-refractivity contribution in [1.29, 1.82) is 0 Å². The Bertz CT molecular complexity index is 904. The summed E-state index contributed by atoms with van der Waals surface area (Å²) in [6.45, 7) is 0.762. The summed E-state index contributed by atoms with van der Waals surface area (Å²) in [6.07, 6.45) is 0. The van der Waals surface area contributed by atoms with Crippen LogP contribution in [0.5, 0.6) is 11.5 Å². The van der Waals surface area contributed by atoms with Crippen molar-refractivity contribution in [3.05, 3.63) is 57.0 Å². The lowest BCUT2D eigenvalue weighted by atomic mass is 10.2. The Hall–Kier alpha value is -2.52. The van der Waals surface area contributed by atoms with Gasteiger partial charge in [-0.1, -0.05) is 50.8 Å². The number of benzene rings is 2. The molecule has 1 heterocycles. The number of methoxy groups -OCH3 is 1. The van der Waals surface area contributed by atoms with Crippen molar-refractivity contribution in [3.63, 3.8) is 0 Å². The van der Waals surface area contributed by atoms with Gasteiger partial charge in [-0.05, 0) is 34.2 Å². The van der Waals surface area contributed by atoms with Gasteiger partial charge in [-0.2, -0.15) is 0 Å². The average molecular weight is 440 g/mol. The van der Waals surface area contributed by atoms with Crippen LogP contribution in [0.4, 0.5) is 5.95 Å². The van der Waals surface area contributed by atoms with Gasteiger partial charge in [-0.3, -0.25) is 0 Å². The first-order valence-electron chi connectivity index (χ1n) is 7.59. The van der Waals surface area contributed by atoms with Crippen LogP contribution in [0.3, 0.4) is 0 Å². The molecular weight excluding hydrogens is 424 g/mol. The molecule has 0 amide bonds. The Kier molecular flexibility index (Phi) is 5.79. The highest BCUT2D eigenvalue weighted by molar-refractivity contribution is 9.10. The van der Waals surface area contributed by atoms with Crippen molar-refractivity contribution < 1.29 is 9.47 Å². The van der Waals surface area contributed by atoms with E-state index < -0.39 is 0 Å². The van der Waals surface area contributed by atoms with E-state index in [9.17, 15) is 0 Å². The molecule has 0 atom stereocenters. The number of anilines is 1. The summed E-state index contributed by atoms with van der Waals surface area (Å²) in [4.78, 5) is 1.29. The third-order valence-corrected chi connectivity index (χ3v) is 4.69. The SMILES string of the molecule is COc1cc(CNn2nnnc2N)c(Br)cc1OCc1ccccc1Cl. The molecule has 3 N–H and O–H groups in total. The number of halogens is 2. The van der Waals surface area contributed by atoms with E-state index in [2.05, 4.69) is 36.9 Å². The quantitative estimate of drug-likeness (QED) is 0.583. The number of nitrogens with two attached hydrogens (primary N) is 1. The molecule has 0 aliphatic carbocycles. The Morgan fingerprint density at radius 3 is 2.73 bits per heavy atom. The van der Waals surface area contributed by atoms with Gasteiger partial charge in [0.1, 0.15) is 6.61 Å². The van der Waals surface area contributed by atoms with E-state index in [4.69, 9.17) is 26.8 Å². The van der Waals surface area contributed by atoms with Crippen LogP contribution in [0.2, 0.25) is 5.02 Å². The van der Waals surface area contributed by atoms with Crippen LogP contribution in [0, 0.1) is 0 Å². The first kappa shape index (κ1) is 18.3. The van der Waals surface area contributed by atoms with Gasteiger partial charge in [0.05, 0.1) is 13.7 Å². The molecule has 0 fully saturated rings. The Morgan fingerprint density at radius 2 is 2.04 bits per heavy atom. The van der Waals surface area contributed by atoms with Gasteiger partial charge in [-0.25, -0.2) is 0 Å². The molecule has 2 aromatic carbocycles. The number of nitrogens with zero attached hydrogens (tertiary/aromatic N) is 4. The third kappa shape index (κ3) is 4.17. The van der Waals surface area contributed by atoms with Gasteiger partial charge in [0, 0.05) is 15.1 Å². The summed E-state index contributed by atoms with van der Waals surface area (Å²) >= 11 is 9.71. The highest BCUT2D eigenvalue weighted by atomic mass is 79.9. The normalized spacial score (nSPS) is 10.6. The van der Waals surface area contributed by atoms with Crippen LogP contribution in [0.15, 0.2) is 40.9 Å². The monoisotopic (exact) mass is 438 g/mol. The summed E-state index contributed by atoms with van der Waals surface area (Å²) < 4.78 is 12.2. The molecule has 10 heteroatoms. The molecule has 26 heavy (non-hydrogen) atoms. The Balaban J connectivity index is 1.74. The zero-order chi connectivity index (χ0) is 18.5. The molecule has 1 aromatic heterocycles. The zero-order valence-corrected chi connectivity index (χ0v) is 16.2. The fraction of sp³-hybridized carbons (Fsp3) is 0.188. The molecular formula is C16H16BrClN6O2. The first-order valence-corrected chi connectivity index (χ1v) is 8.76. The highest BCUT2D eigenvalue weighted by Crippen LogP contribution is 2.34. The van der Waals surface area contributed by atoms with Crippen LogP contribution >= 0.6 is 27.5 Å². The van der Waals surface area contributed by atoms with Gasteiger partial charge in [0.15, 0.2) is 11.5 Å². The lowest BCUT2D eigenvalue weighted by Crippen LogP contribution is -2.18. The summed E-state index contributed by atoms with van der Waals surface area (Å²) in [6, 6.07) is 11.2. The predicted octanol–water partition coefficient (Wildman–Crippen LogP) is 3.00. The van der Waals surface area contributed by atoms with Gasteiger partial charge < -0.3 is 20.6 Å². The van der Waals surface area contributed by atoms with Gasteiger partial charge in [0.25, 0.3) is 5.95 Å². The van der Waals surface area contributed by atoms with E-state index in [0.29, 0.717) is 29.7 Å². The Morgan fingerprint density at radius 1 is 1.23 bits per heavy atom. The van der Waals surface area contributed by atoms with Crippen molar-refractivity contribution >= 4 is 33.5 Å². The van der Waals surface area contributed by atoms with Crippen molar-refractivity contribution in [2.45, 2.75) is 13.2 Å². The topological polar surface area (TPSA) is 100 Å². The zero-order valence-electron chi connectivity index (χ0n) is 13.8. The second-order valence-electron chi connectivity index (χ2n) is 5.26. The molecule has 0 bridgehead atoms. The number of tetrazole rings is 1. The second-order valence-corrected chi connectivity index (χ2v) is 6.52. The maximum Gasteiger partial charge on any atom is 0.260 e. The second kappa shape index (κ2) is 8.24. The highest BCUT2D eigenvalue weighted by Gasteiger charge is 2.12. The number of hydrogen-bond donors (Lipinski definition) is 2. The van der Waals surface area contributed by atoms with Crippen LogP contribution < -0.4 is 20.6 Å². The van der Waals surface area contributed by atoms with Gasteiger partial charge in [-0.15, -0.1) is 4.79 Å². The minimum Gasteiger partial charge on any atom is -0.493 e. The smallest absolute Gasteiger partial charge is 0.260 e. The molecule has 8 nitrogen and oxygen atoms in total. The fourth-order valence-electron chi connectivity index (χ4n) is 2.22. The van der Waals surface area contributed by atoms with Gasteiger partial charge in [0.2, 0.25) is 0 Å². The minimum atomic E-state index is 0.174. The molecule has 0 aliphatic rings. The van der Waals surface area contributed by atoms with Crippen molar-refractivity contribution in [3.8, 4) is 11.5 Å². The third-order valence-electron chi connectivity index (χ3n) is 3.59. The lowest BCUT2D eigenvalue weighted by Gasteiger charge is -2.15. The number of rotatable bonds is 7. The summed E-state index contributed by atoms with van der Waals surface area (Å²) in [5, 5.41) is 11.5. The Labute approximate surface area is 163 Å². The first-order chi connectivity index (χ1) is 12.6. The maximum atomic E-state index is 6.17. The van der Waals surface area contributed by atoms with Gasteiger partial charge >= 0.3 is 0 Å². The van der Waals surface area contributed by atoms with Crippen LogP contribution in [0.25, 0.3) is 0 Å². The lowest BCUT2D eigenvalue weighted by molar-refractivity contribution is 0.284. The van der Waals surface area contributed by atoms with Crippen molar-refractivity contribution in [2.75, 3.05) is 18.3 Å². The molecule has 0 saturated heterocycles. The van der Waals surface area contributed by atoms with Crippen LogP contribution in [-0.2, 0) is 13.2 Å². The molecule has 3 aromatic rings. The molecule has 0 radical (unpaired) electrons. The number of hydrogen-bond acceptors (Lipinski definition) is 7. The molecule has 3 rings (SSSR count). The summed E-state index contributed by atoms with van der Waals surface area (Å²) in [5.74, 6) is 1.37. The summed E-state index contributed by atoms with van der Waals surface area (Å²) in [7, 11) is 1.59. The van der Waals surface area contributed by atoms with Crippen LogP contribution in [0.1, 0.15) is 11.1 Å². The standard InChI is InChI=1S/C16H16BrClN6O2/c1-25-14-6-11(8-20-24-16(19)21-22-23-24)12(17)7-15(14)26-9-10-4-2-3-5-13(10)18/h2-7,20H,8-9H2,1H3,(H2,19,21,23). The molecule has 136 valence electrons.